The third-order valence-electron chi connectivity index (χ3n) is 3.05. The van der Waals surface area contributed by atoms with Crippen LogP contribution in [-0.4, -0.2) is 15.3 Å². The van der Waals surface area contributed by atoms with E-state index < -0.39 is 0 Å². The Morgan fingerprint density at radius 2 is 2.15 bits per heavy atom. The molecule has 0 N–H and O–H groups in total. The lowest BCUT2D eigenvalue weighted by molar-refractivity contribution is 0.0974. The molecule has 0 fully saturated rings. The third-order valence-corrected chi connectivity index (χ3v) is 5.17. The molecule has 3 rings (SSSR count). The number of aryl methyl sites for hydroxylation is 2. The highest BCUT2D eigenvalue weighted by Gasteiger charge is 2.13. The summed E-state index contributed by atoms with van der Waals surface area (Å²) in [4.78, 5) is 30.5. The van der Waals surface area contributed by atoms with Crippen molar-refractivity contribution in [1.29, 1.82) is 0 Å². The highest BCUT2D eigenvalue weighted by Crippen LogP contribution is 2.20. The first-order valence-corrected chi connectivity index (χ1v) is 7.79. The van der Waals surface area contributed by atoms with E-state index in [1.54, 1.807) is 6.07 Å². The second-order valence-corrected chi connectivity index (χ2v) is 6.78. The number of hydrogen-bond donors (Lipinski definition) is 0. The molecule has 0 spiro atoms. The predicted octanol–water partition coefficient (Wildman–Crippen LogP) is 3.02. The van der Waals surface area contributed by atoms with E-state index in [0.717, 1.165) is 16.0 Å². The maximum Gasteiger partial charge on any atom is 0.271 e. The van der Waals surface area contributed by atoms with Crippen molar-refractivity contribution in [3.63, 3.8) is 0 Å². The van der Waals surface area contributed by atoms with Crippen molar-refractivity contribution in [2.75, 3.05) is 0 Å². The Bertz CT molecular complexity index is 858. The lowest BCUT2D eigenvalue weighted by Gasteiger charge is -2.03. The van der Waals surface area contributed by atoms with E-state index >= 15 is 0 Å². The second kappa shape index (κ2) is 4.96. The van der Waals surface area contributed by atoms with Gasteiger partial charge in [0.25, 0.3) is 5.56 Å². The van der Waals surface area contributed by atoms with Crippen molar-refractivity contribution in [1.82, 2.24) is 9.55 Å². The Hall–Kier alpha value is -1.79. The summed E-state index contributed by atoms with van der Waals surface area (Å²) in [5, 5.41) is 1.91. The zero-order chi connectivity index (χ0) is 14.3. The van der Waals surface area contributed by atoms with Gasteiger partial charge in [-0.15, -0.1) is 22.7 Å². The highest BCUT2D eigenvalue weighted by atomic mass is 32.1. The van der Waals surface area contributed by atoms with Crippen molar-refractivity contribution in [3.05, 3.63) is 49.5 Å². The van der Waals surface area contributed by atoms with Gasteiger partial charge in [0.15, 0.2) is 5.78 Å². The van der Waals surface area contributed by atoms with Gasteiger partial charge < -0.3 is 0 Å². The summed E-state index contributed by atoms with van der Waals surface area (Å²) in [6, 6.07) is 3.71. The average Bonchev–Trinajstić information content (AvgIpc) is 3.00. The molecule has 0 aliphatic heterocycles. The zero-order valence-corrected chi connectivity index (χ0v) is 12.7. The maximum absolute atomic E-state index is 12.3. The van der Waals surface area contributed by atoms with Gasteiger partial charge in [-0.25, -0.2) is 4.98 Å². The molecule has 3 heterocycles. The van der Waals surface area contributed by atoms with Gasteiger partial charge in [-0.3, -0.25) is 14.2 Å². The summed E-state index contributed by atoms with van der Waals surface area (Å²) in [6.45, 7) is 3.92. The summed E-state index contributed by atoms with van der Waals surface area (Å²) in [7, 11) is 0. The lowest BCUT2D eigenvalue weighted by atomic mass is 10.3. The Morgan fingerprint density at radius 1 is 1.35 bits per heavy atom. The monoisotopic (exact) mass is 304 g/mol. The number of nitrogens with zero attached hydrogens (tertiary/aromatic N) is 2. The minimum absolute atomic E-state index is 0.0404. The first-order valence-electron chi connectivity index (χ1n) is 6.09. The van der Waals surface area contributed by atoms with Gasteiger partial charge in [-0.05, 0) is 36.9 Å². The van der Waals surface area contributed by atoms with Crippen LogP contribution in [0.25, 0.3) is 10.2 Å². The third kappa shape index (κ3) is 2.21. The Balaban J connectivity index is 1.97. The predicted molar refractivity (Wildman–Crippen MR) is 82.0 cm³/mol. The summed E-state index contributed by atoms with van der Waals surface area (Å²) in [6.07, 6.45) is 1.46. The van der Waals surface area contributed by atoms with E-state index in [2.05, 4.69) is 4.98 Å². The standard InChI is InChI=1S/C14H12N2O2S2/c1-8-6-19-13-12(8)15-7-16(14(13)18)5-10(17)11-4-3-9(2)20-11/h3-4,6-7H,5H2,1-2H3. The van der Waals surface area contributed by atoms with Crippen molar-refractivity contribution < 1.29 is 4.79 Å². The molecule has 0 bridgehead atoms. The highest BCUT2D eigenvalue weighted by molar-refractivity contribution is 7.17. The van der Waals surface area contributed by atoms with Crippen LogP contribution in [0.1, 0.15) is 20.1 Å². The number of thiophene rings is 2. The van der Waals surface area contributed by atoms with E-state index in [4.69, 9.17) is 0 Å². The number of ketones is 1. The van der Waals surface area contributed by atoms with Crippen LogP contribution in [0.15, 0.2) is 28.6 Å². The average molecular weight is 304 g/mol. The Kier molecular flexibility index (Phi) is 3.27. The minimum atomic E-state index is -0.144. The quantitative estimate of drug-likeness (QED) is 0.699. The van der Waals surface area contributed by atoms with E-state index in [1.165, 1.54) is 33.6 Å². The Morgan fingerprint density at radius 3 is 2.85 bits per heavy atom. The molecule has 4 nitrogen and oxygen atoms in total. The van der Waals surface area contributed by atoms with Gasteiger partial charge in [-0.2, -0.15) is 0 Å². The van der Waals surface area contributed by atoms with Crippen LogP contribution in [0.2, 0.25) is 0 Å². The summed E-state index contributed by atoms with van der Waals surface area (Å²) < 4.78 is 2.00. The SMILES string of the molecule is Cc1ccc(C(=O)Cn2cnc3c(C)csc3c2=O)s1. The number of rotatable bonds is 3. The molecule has 0 unspecified atom stereocenters. The molecule has 0 saturated heterocycles. The van der Waals surface area contributed by atoms with Gasteiger partial charge in [0, 0.05) is 4.88 Å². The number of Topliss-reactive ketones (excluding diaryl/α,β-unsaturated/α-hetero) is 1. The van der Waals surface area contributed by atoms with Crippen LogP contribution in [0.4, 0.5) is 0 Å². The fourth-order valence-electron chi connectivity index (χ4n) is 1.99. The smallest absolute Gasteiger partial charge is 0.271 e. The second-order valence-electron chi connectivity index (χ2n) is 4.61. The van der Waals surface area contributed by atoms with Crippen molar-refractivity contribution in [2.24, 2.45) is 0 Å². The molecule has 0 radical (unpaired) electrons. The number of fused-ring (bicyclic) bond motifs is 1. The van der Waals surface area contributed by atoms with Crippen LogP contribution >= 0.6 is 22.7 Å². The van der Waals surface area contributed by atoms with Crippen LogP contribution in [0, 0.1) is 13.8 Å². The van der Waals surface area contributed by atoms with Crippen LogP contribution in [0.5, 0.6) is 0 Å². The normalized spacial score (nSPS) is 11.1. The van der Waals surface area contributed by atoms with E-state index in [-0.39, 0.29) is 17.9 Å². The Labute approximate surface area is 123 Å². The molecule has 0 atom stereocenters. The summed E-state index contributed by atoms with van der Waals surface area (Å²) in [5.41, 5.74) is 1.58. The van der Waals surface area contributed by atoms with Crippen LogP contribution in [-0.2, 0) is 6.54 Å². The van der Waals surface area contributed by atoms with Crippen molar-refractivity contribution >= 4 is 38.7 Å². The molecule has 3 aromatic heterocycles. The van der Waals surface area contributed by atoms with Crippen LogP contribution < -0.4 is 5.56 Å². The maximum atomic E-state index is 12.3. The summed E-state index contributed by atoms with van der Waals surface area (Å²) >= 11 is 2.82. The largest absolute Gasteiger partial charge is 0.291 e. The van der Waals surface area contributed by atoms with Crippen molar-refractivity contribution in [2.45, 2.75) is 20.4 Å². The molecule has 0 amide bonds. The molecule has 6 heteroatoms. The van der Waals surface area contributed by atoms with Crippen LogP contribution in [0.3, 0.4) is 0 Å². The lowest BCUT2D eigenvalue weighted by Crippen LogP contribution is -2.23. The van der Waals surface area contributed by atoms with E-state index in [1.807, 2.05) is 25.3 Å². The molecule has 20 heavy (non-hydrogen) atoms. The minimum Gasteiger partial charge on any atom is -0.291 e. The van der Waals surface area contributed by atoms with E-state index in [9.17, 15) is 9.59 Å². The van der Waals surface area contributed by atoms with Gasteiger partial charge in [-0.1, -0.05) is 0 Å². The zero-order valence-electron chi connectivity index (χ0n) is 11.0. The first kappa shape index (κ1) is 13.2. The fraction of sp³-hybridized carbons (Fsp3) is 0.214. The molecular formula is C14H12N2O2S2. The first-order chi connectivity index (χ1) is 9.56. The molecule has 0 saturated carbocycles. The van der Waals surface area contributed by atoms with Gasteiger partial charge in [0.1, 0.15) is 4.70 Å². The van der Waals surface area contributed by atoms with Gasteiger partial charge in [0.05, 0.1) is 23.3 Å². The van der Waals surface area contributed by atoms with Gasteiger partial charge >= 0.3 is 0 Å². The molecule has 0 aliphatic carbocycles. The molecule has 102 valence electrons. The topological polar surface area (TPSA) is 52.0 Å². The number of aromatic nitrogens is 2. The van der Waals surface area contributed by atoms with Gasteiger partial charge in [0.2, 0.25) is 0 Å². The molecular weight excluding hydrogens is 292 g/mol. The summed E-state index contributed by atoms with van der Waals surface area (Å²) in [5.74, 6) is -0.0559. The van der Waals surface area contributed by atoms with E-state index in [0.29, 0.717) is 9.58 Å². The molecule has 0 aliphatic rings. The molecule has 3 aromatic rings. The number of carbonyl (C=O) groups is 1. The number of hydrogen-bond acceptors (Lipinski definition) is 5. The number of carbonyl (C=O) groups excluding carboxylic acids is 1. The fourth-order valence-corrected chi connectivity index (χ4v) is 3.74. The van der Waals surface area contributed by atoms with Crippen molar-refractivity contribution in [3.8, 4) is 0 Å². The molecule has 0 aromatic carbocycles.